The van der Waals surface area contributed by atoms with E-state index in [9.17, 15) is 4.79 Å². The number of benzene rings is 2. The molecule has 6 heteroatoms. The van der Waals surface area contributed by atoms with Crippen LogP contribution in [0.2, 0.25) is 0 Å². The van der Waals surface area contributed by atoms with Crippen LogP contribution in [-0.2, 0) is 4.79 Å². The van der Waals surface area contributed by atoms with Crippen LogP contribution in [-0.4, -0.2) is 36.7 Å². The number of carbonyl (C=O) groups excluding carboxylic acids is 1. The summed E-state index contributed by atoms with van der Waals surface area (Å²) >= 11 is 1.41. The first-order valence-corrected chi connectivity index (χ1v) is 10.0. The van der Waals surface area contributed by atoms with Gasteiger partial charge in [-0.3, -0.25) is 9.69 Å². The third-order valence-electron chi connectivity index (χ3n) is 4.31. The van der Waals surface area contributed by atoms with Crippen LogP contribution in [0.1, 0.15) is 25.3 Å². The molecule has 28 heavy (non-hydrogen) atoms. The van der Waals surface area contributed by atoms with Gasteiger partial charge in [-0.25, -0.2) is 4.99 Å². The van der Waals surface area contributed by atoms with Crippen molar-refractivity contribution in [3.8, 4) is 11.5 Å². The van der Waals surface area contributed by atoms with E-state index in [0.717, 1.165) is 29.3 Å². The Morgan fingerprint density at radius 1 is 1.07 bits per heavy atom. The first-order chi connectivity index (χ1) is 13.7. The lowest BCUT2D eigenvalue weighted by molar-refractivity contribution is -0.122. The standard InChI is InChI=1S/C22H24N2O3S/c1-4-5-13-24-21(25)20(28-22(24)23-17-9-7-6-8-10-17)15-16-11-12-18(26-2)19(14-16)27-3/h6-12,14-15H,4-5,13H2,1-3H3/b20-15-,23-22?. The molecule has 0 unspecified atom stereocenters. The fraction of sp³-hybridized carbons (Fsp3) is 0.273. The summed E-state index contributed by atoms with van der Waals surface area (Å²) in [7, 11) is 3.20. The maximum absolute atomic E-state index is 13.0. The molecule has 1 saturated heterocycles. The predicted molar refractivity (Wildman–Crippen MR) is 115 cm³/mol. The van der Waals surface area contributed by atoms with Gasteiger partial charge < -0.3 is 9.47 Å². The highest BCUT2D eigenvalue weighted by atomic mass is 32.2. The number of unbranched alkanes of at least 4 members (excludes halogenated alkanes) is 1. The lowest BCUT2D eigenvalue weighted by atomic mass is 10.2. The minimum Gasteiger partial charge on any atom is -0.493 e. The molecule has 1 aliphatic rings. The number of aliphatic imine (C=N–C) groups is 1. The Morgan fingerprint density at radius 3 is 2.50 bits per heavy atom. The van der Waals surface area contributed by atoms with E-state index in [4.69, 9.17) is 14.5 Å². The largest absolute Gasteiger partial charge is 0.493 e. The number of amidine groups is 1. The highest BCUT2D eigenvalue weighted by molar-refractivity contribution is 8.18. The van der Waals surface area contributed by atoms with Gasteiger partial charge in [-0.15, -0.1) is 0 Å². The Kier molecular flexibility index (Phi) is 6.76. The maximum atomic E-state index is 13.0. The minimum absolute atomic E-state index is 0.0112. The van der Waals surface area contributed by atoms with Gasteiger partial charge in [0.05, 0.1) is 24.8 Å². The first kappa shape index (κ1) is 20.0. The van der Waals surface area contributed by atoms with E-state index < -0.39 is 0 Å². The second kappa shape index (κ2) is 9.46. The van der Waals surface area contributed by atoms with Gasteiger partial charge in [0.1, 0.15) is 0 Å². The molecule has 2 aromatic carbocycles. The number of para-hydroxylation sites is 1. The number of hydrogen-bond donors (Lipinski definition) is 0. The van der Waals surface area contributed by atoms with Gasteiger partial charge in [0.15, 0.2) is 16.7 Å². The number of methoxy groups -OCH3 is 2. The van der Waals surface area contributed by atoms with Gasteiger partial charge in [0, 0.05) is 6.54 Å². The highest BCUT2D eigenvalue weighted by Crippen LogP contribution is 2.36. The summed E-state index contributed by atoms with van der Waals surface area (Å²) in [6, 6.07) is 15.3. The van der Waals surface area contributed by atoms with Gasteiger partial charge in [-0.2, -0.15) is 0 Å². The molecule has 0 aliphatic carbocycles. The molecule has 1 aliphatic heterocycles. The van der Waals surface area contributed by atoms with Gasteiger partial charge in [0.2, 0.25) is 0 Å². The molecule has 0 spiro atoms. The molecule has 0 N–H and O–H groups in total. The van der Waals surface area contributed by atoms with Gasteiger partial charge in [-0.05, 0) is 54.1 Å². The lowest BCUT2D eigenvalue weighted by Gasteiger charge is -2.14. The van der Waals surface area contributed by atoms with Crippen LogP contribution in [0.25, 0.3) is 6.08 Å². The van der Waals surface area contributed by atoms with E-state index in [-0.39, 0.29) is 5.91 Å². The third-order valence-corrected chi connectivity index (χ3v) is 5.32. The summed E-state index contributed by atoms with van der Waals surface area (Å²) in [5.74, 6) is 1.28. The van der Waals surface area contributed by atoms with E-state index in [1.807, 2.05) is 54.6 Å². The molecule has 0 bridgehead atoms. The Bertz CT molecular complexity index is 894. The molecule has 1 heterocycles. The average Bonchev–Trinajstić information content (AvgIpc) is 3.01. The van der Waals surface area contributed by atoms with Crippen molar-refractivity contribution in [2.75, 3.05) is 20.8 Å². The fourth-order valence-electron chi connectivity index (χ4n) is 2.81. The summed E-state index contributed by atoms with van der Waals surface area (Å²) in [6.07, 6.45) is 3.83. The molecule has 2 aromatic rings. The van der Waals surface area contributed by atoms with Crippen molar-refractivity contribution >= 4 is 34.6 Å². The van der Waals surface area contributed by atoms with Crippen molar-refractivity contribution in [1.82, 2.24) is 4.90 Å². The number of ether oxygens (including phenoxy) is 2. The Labute approximate surface area is 170 Å². The van der Waals surface area contributed by atoms with E-state index in [1.165, 1.54) is 11.8 Å². The normalized spacial score (nSPS) is 16.8. The van der Waals surface area contributed by atoms with E-state index in [0.29, 0.717) is 22.9 Å². The Hall–Kier alpha value is -2.73. The third kappa shape index (κ3) is 4.57. The van der Waals surface area contributed by atoms with E-state index in [2.05, 4.69) is 6.92 Å². The molecule has 0 saturated carbocycles. The molecular weight excluding hydrogens is 372 g/mol. The van der Waals surface area contributed by atoms with E-state index >= 15 is 0 Å². The number of carbonyl (C=O) groups is 1. The van der Waals surface area contributed by atoms with Crippen LogP contribution in [0, 0.1) is 0 Å². The molecule has 5 nitrogen and oxygen atoms in total. The van der Waals surface area contributed by atoms with Crippen LogP contribution in [0.15, 0.2) is 58.4 Å². The lowest BCUT2D eigenvalue weighted by Crippen LogP contribution is -2.30. The molecule has 1 amide bonds. The maximum Gasteiger partial charge on any atom is 0.266 e. The molecule has 0 aromatic heterocycles. The zero-order valence-corrected chi connectivity index (χ0v) is 17.2. The number of thioether (sulfide) groups is 1. The Morgan fingerprint density at radius 2 is 1.82 bits per heavy atom. The molecule has 0 atom stereocenters. The van der Waals surface area contributed by atoms with Crippen LogP contribution >= 0.6 is 11.8 Å². The first-order valence-electron chi connectivity index (χ1n) is 9.23. The number of amides is 1. The predicted octanol–water partition coefficient (Wildman–Crippen LogP) is 5.11. The van der Waals surface area contributed by atoms with Crippen molar-refractivity contribution < 1.29 is 14.3 Å². The second-order valence-electron chi connectivity index (χ2n) is 6.27. The summed E-state index contributed by atoms with van der Waals surface area (Å²) in [4.78, 5) is 20.1. The Balaban J connectivity index is 1.93. The molecular formula is C22H24N2O3S. The van der Waals surface area contributed by atoms with Gasteiger partial charge >= 0.3 is 0 Å². The van der Waals surface area contributed by atoms with Crippen molar-refractivity contribution in [1.29, 1.82) is 0 Å². The molecule has 0 radical (unpaired) electrons. The highest BCUT2D eigenvalue weighted by Gasteiger charge is 2.32. The van der Waals surface area contributed by atoms with Crippen molar-refractivity contribution in [2.45, 2.75) is 19.8 Å². The molecule has 1 fully saturated rings. The number of nitrogens with zero attached hydrogens (tertiary/aromatic N) is 2. The van der Waals surface area contributed by atoms with Crippen molar-refractivity contribution in [3.05, 3.63) is 59.0 Å². The summed E-state index contributed by atoms with van der Waals surface area (Å²) in [5.41, 5.74) is 1.72. The topological polar surface area (TPSA) is 51.1 Å². The SMILES string of the molecule is CCCCN1C(=O)/C(=C/c2ccc(OC)c(OC)c2)SC1=Nc1ccccc1. The van der Waals surface area contributed by atoms with Crippen LogP contribution in [0.4, 0.5) is 5.69 Å². The average molecular weight is 397 g/mol. The molecule has 146 valence electrons. The van der Waals surface area contributed by atoms with E-state index in [1.54, 1.807) is 19.1 Å². The van der Waals surface area contributed by atoms with Crippen LogP contribution in [0.5, 0.6) is 11.5 Å². The summed E-state index contributed by atoms with van der Waals surface area (Å²) in [6.45, 7) is 2.78. The van der Waals surface area contributed by atoms with Gasteiger partial charge in [-0.1, -0.05) is 37.6 Å². The second-order valence-corrected chi connectivity index (χ2v) is 7.27. The smallest absolute Gasteiger partial charge is 0.266 e. The van der Waals surface area contributed by atoms with Crippen molar-refractivity contribution in [2.24, 2.45) is 4.99 Å². The van der Waals surface area contributed by atoms with Crippen LogP contribution in [0.3, 0.4) is 0 Å². The molecule has 3 rings (SSSR count). The quantitative estimate of drug-likeness (QED) is 0.611. The summed E-state index contributed by atoms with van der Waals surface area (Å²) < 4.78 is 10.6. The zero-order valence-electron chi connectivity index (χ0n) is 16.3. The number of rotatable bonds is 7. The fourth-order valence-corrected chi connectivity index (χ4v) is 3.84. The van der Waals surface area contributed by atoms with Crippen LogP contribution < -0.4 is 9.47 Å². The monoisotopic (exact) mass is 396 g/mol. The van der Waals surface area contributed by atoms with Gasteiger partial charge in [0.25, 0.3) is 5.91 Å². The number of hydrogen-bond acceptors (Lipinski definition) is 5. The minimum atomic E-state index is -0.0112. The summed E-state index contributed by atoms with van der Waals surface area (Å²) in [5, 5.41) is 0.719. The zero-order chi connectivity index (χ0) is 19.9. The van der Waals surface area contributed by atoms with Crippen molar-refractivity contribution in [3.63, 3.8) is 0 Å².